The fourth-order valence-electron chi connectivity index (χ4n) is 2.27. The monoisotopic (exact) mass is 274 g/mol. The zero-order chi connectivity index (χ0) is 13.9. The van der Waals surface area contributed by atoms with Crippen molar-refractivity contribution in [2.45, 2.75) is 44.1 Å². The summed E-state index contributed by atoms with van der Waals surface area (Å²) in [6.07, 6.45) is -2.01. The van der Waals surface area contributed by atoms with Crippen molar-refractivity contribution in [1.29, 1.82) is 0 Å². The first kappa shape index (κ1) is 14.3. The predicted octanol–water partition coefficient (Wildman–Crippen LogP) is 3.18. The Kier molecular flexibility index (Phi) is 4.47. The van der Waals surface area contributed by atoms with Gasteiger partial charge in [0.1, 0.15) is 0 Å². The van der Waals surface area contributed by atoms with Gasteiger partial charge in [-0.3, -0.25) is 0 Å². The predicted molar refractivity (Wildman–Crippen MR) is 64.7 cm³/mol. The highest BCUT2D eigenvalue weighted by Gasteiger charge is 2.30. The van der Waals surface area contributed by atoms with Crippen molar-refractivity contribution in [2.24, 2.45) is 0 Å². The summed E-state index contributed by atoms with van der Waals surface area (Å²) < 4.78 is 42.7. The van der Waals surface area contributed by atoms with Crippen LogP contribution in [-0.4, -0.2) is 23.9 Å². The molecule has 5 heteroatoms. The van der Waals surface area contributed by atoms with Gasteiger partial charge in [-0.2, -0.15) is 13.2 Å². The van der Waals surface area contributed by atoms with Crippen molar-refractivity contribution >= 4 is 0 Å². The highest BCUT2D eigenvalue weighted by molar-refractivity contribution is 5.25. The van der Waals surface area contributed by atoms with Gasteiger partial charge in [-0.05, 0) is 37.0 Å². The number of aliphatic hydroxyl groups excluding tert-OH is 1. The van der Waals surface area contributed by atoms with E-state index in [2.05, 4.69) is 0 Å². The van der Waals surface area contributed by atoms with Crippen LogP contribution in [0.5, 0.6) is 0 Å². The minimum Gasteiger partial charge on any atom is -0.390 e. The zero-order valence-electron chi connectivity index (χ0n) is 10.5. The lowest BCUT2D eigenvalue weighted by Gasteiger charge is -2.27. The maximum absolute atomic E-state index is 12.4. The summed E-state index contributed by atoms with van der Waals surface area (Å²) in [5.74, 6) is 0. The van der Waals surface area contributed by atoms with Gasteiger partial charge in [0.15, 0.2) is 0 Å². The average molecular weight is 274 g/mol. The number of ether oxygens (including phenoxy) is 1. The molecule has 19 heavy (non-hydrogen) atoms. The molecule has 1 fully saturated rings. The van der Waals surface area contributed by atoms with E-state index in [9.17, 15) is 18.3 Å². The zero-order valence-corrected chi connectivity index (χ0v) is 10.5. The first-order valence-electron chi connectivity index (χ1n) is 6.42. The molecule has 1 heterocycles. The lowest BCUT2D eigenvalue weighted by molar-refractivity contribution is -0.137. The summed E-state index contributed by atoms with van der Waals surface area (Å²) in [6.45, 7) is 0.648. The molecule has 2 nitrogen and oxygen atoms in total. The van der Waals surface area contributed by atoms with Crippen molar-refractivity contribution in [1.82, 2.24) is 0 Å². The standard InChI is InChI=1S/C14H17F3O2/c15-14(16,17)11-6-4-10(5-7-11)9-12(18)13-3-1-2-8-19-13/h4-7,12-13,18H,1-3,8-9H2. The Morgan fingerprint density at radius 2 is 1.89 bits per heavy atom. The first-order chi connectivity index (χ1) is 8.97. The number of benzene rings is 1. The average Bonchev–Trinajstić information content (AvgIpc) is 2.39. The van der Waals surface area contributed by atoms with Crippen LogP contribution < -0.4 is 0 Å². The van der Waals surface area contributed by atoms with Crippen LogP contribution in [0.1, 0.15) is 30.4 Å². The van der Waals surface area contributed by atoms with E-state index in [0.29, 0.717) is 18.6 Å². The van der Waals surface area contributed by atoms with E-state index in [4.69, 9.17) is 4.74 Å². The highest BCUT2D eigenvalue weighted by Crippen LogP contribution is 2.29. The van der Waals surface area contributed by atoms with Crippen molar-refractivity contribution < 1.29 is 23.0 Å². The molecule has 0 saturated carbocycles. The van der Waals surface area contributed by atoms with Crippen LogP contribution in [0.4, 0.5) is 13.2 Å². The van der Waals surface area contributed by atoms with Crippen LogP contribution in [-0.2, 0) is 17.3 Å². The molecule has 106 valence electrons. The number of alkyl halides is 3. The quantitative estimate of drug-likeness (QED) is 0.917. The van der Waals surface area contributed by atoms with E-state index < -0.39 is 17.8 Å². The Labute approximate surface area is 110 Å². The molecule has 1 aromatic carbocycles. The van der Waals surface area contributed by atoms with Crippen LogP contribution in [0.2, 0.25) is 0 Å². The molecule has 1 saturated heterocycles. The number of hydrogen-bond donors (Lipinski definition) is 1. The molecule has 0 aromatic heterocycles. The van der Waals surface area contributed by atoms with E-state index >= 15 is 0 Å². The summed E-state index contributed by atoms with van der Waals surface area (Å²) in [4.78, 5) is 0. The number of hydrogen-bond acceptors (Lipinski definition) is 2. The molecular formula is C14H17F3O2. The molecule has 0 bridgehead atoms. The second-order valence-corrected chi connectivity index (χ2v) is 4.87. The Bertz CT molecular complexity index is 394. The lowest BCUT2D eigenvalue weighted by atomic mass is 9.98. The molecule has 2 unspecified atom stereocenters. The van der Waals surface area contributed by atoms with E-state index in [-0.39, 0.29) is 6.10 Å². The van der Waals surface area contributed by atoms with E-state index in [0.717, 1.165) is 31.4 Å². The molecular weight excluding hydrogens is 257 g/mol. The maximum Gasteiger partial charge on any atom is 0.416 e. The SMILES string of the molecule is OC(Cc1ccc(C(F)(F)F)cc1)C1CCCCO1. The lowest BCUT2D eigenvalue weighted by Crippen LogP contribution is -2.33. The van der Waals surface area contributed by atoms with Gasteiger partial charge in [-0.25, -0.2) is 0 Å². The summed E-state index contributed by atoms with van der Waals surface area (Å²) in [7, 11) is 0. The van der Waals surface area contributed by atoms with Gasteiger partial charge in [-0.15, -0.1) is 0 Å². The summed E-state index contributed by atoms with van der Waals surface area (Å²) in [6, 6.07) is 4.91. The third-order valence-corrected chi connectivity index (χ3v) is 3.37. The van der Waals surface area contributed by atoms with Crippen LogP contribution in [0, 0.1) is 0 Å². The Balaban J connectivity index is 1.95. The number of aliphatic hydroxyl groups is 1. The molecule has 0 radical (unpaired) electrons. The van der Waals surface area contributed by atoms with E-state index in [1.165, 1.54) is 12.1 Å². The minimum atomic E-state index is -4.32. The molecule has 0 spiro atoms. The Morgan fingerprint density at radius 1 is 1.21 bits per heavy atom. The number of halogens is 3. The third-order valence-electron chi connectivity index (χ3n) is 3.37. The topological polar surface area (TPSA) is 29.5 Å². The molecule has 1 aliphatic heterocycles. The smallest absolute Gasteiger partial charge is 0.390 e. The first-order valence-corrected chi connectivity index (χ1v) is 6.42. The highest BCUT2D eigenvalue weighted by atomic mass is 19.4. The normalized spacial score (nSPS) is 22.2. The molecule has 0 aliphatic carbocycles. The molecule has 2 rings (SSSR count). The fraction of sp³-hybridized carbons (Fsp3) is 0.571. The van der Waals surface area contributed by atoms with Crippen molar-refractivity contribution in [2.75, 3.05) is 6.61 Å². The van der Waals surface area contributed by atoms with Gasteiger partial charge in [0.25, 0.3) is 0 Å². The van der Waals surface area contributed by atoms with Crippen LogP contribution in [0.25, 0.3) is 0 Å². The fourth-order valence-corrected chi connectivity index (χ4v) is 2.27. The van der Waals surface area contributed by atoms with Crippen LogP contribution in [0.3, 0.4) is 0 Å². The van der Waals surface area contributed by atoms with Gasteiger partial charge < -0.3 is 9.84 Å². The van der Waals surface area contributed by atoms with Gasteiger partial charge in [-0.1, -0.05) is 12.1 Å². The molecule has 2 atom stereocenters. The summed E-state index contributed by atoms with van der Waals surface area (Å²) in [5.41, 5.74) is 0.0225. The van der Waals surface area contributed by atoms with Crippen LogP contribution in [0.15, 0.2) is 24.3 Å². The van der Waals surface area contributed by atoms with Crippen molar-refractivity contribution in [3.8, 4) is 0 Å². The molecule has 1 aromatic rings. The Morgan fingerprint density at radius 3 is 2.42 bits per heavy atom. The van der Waals surface area contributed by atoms with Gasteiger partial charge in [0.05, 0.1) is 17.8 Å². The van der Waals surface area contributed by atoms with Crippen molar-refractivity contribution in [3.63, 3.8) is 0 Å². The Hall–Kier alpha value is -1.07. The second-order valence-electron chi connectivity index (χ2n) is 4.87. The third kappa shape index (κ3) is 3.94. The summed E-state index contributed by atoms with van der Waals surface area (Å²) in [5, 5.41) is 10.0. The van der Waals surface area contributed by atoms with Gasteiger partial charge >= 0.3 is 6.18 Å². The van der Waals surface area contributed by atoms with Crippen LogP contribution >= 0.6 is 0 Å². The largest absolute Gasteiger partial charge is 0.416 e. The molecule has 0 amide bonds. The number of rotatable bonds is 3. The molecule has 1 N–H and O–H groups in total. The minimum absolute atomic E-state index is 0.198. The summed E-state index contributed by atoms with van der Waals surface area (Å²) >= 11 is 0. The van der Waals surface area contributed by atoms with E-state index in [1.54, 1.807) is 0 Å². The van der Waals surface area contributed by atoms with Crippen molar-refractivity contribution in [3.05, 3.63) is 35.4 Å². The van der Waals surface area contributed by atoms with E-state index in [1.807, 2.05) is 0 Å². The van der Waals surface area contributed by atoms with Gasteiger partial charge in [0, 0.05) is 13.0 Å². The van der Waals surface area contributed by atoms with Gasteiger partial charge in [0.2, 0.25) is 0 Å². The molecule has 1 aliphatic rings. The maximum atomic E-state index is 12.4. The second kappa shape index (κ2) is 5.92.